The standard InChI is InChI=1S/C14H14Cl2N2/c15-11-6-2-1-5-10(11)14(9-17)18-13-8-4-3-7-12(13)16/h1-8,14,18H,9,17H2. The number of hydrogen-bond acceptors (Lipinski definition) is 2. The normalized spacial score (nSPS) is 12.2. The highest BCUT2D eigenvalue weighted by Gasteiger charge is 2.13. The van der Waals surface area contributed by atoms with Crippen LogP contribution in [-0.4, -0.2) is 6.54 Å². The van der Waals surface area contributed by atoms with Gasteiger partial charge in [0.1, 0.15) is 0 Å². The molecular formula is C14H14Cl2N2. The van der Waals surface area contributed by atoms with Crippen LogP contribution in [0.5, 0.6) is 0 Å². The Kier molecular flexibility index (Phi) is 4.48. The molecule has 2 nitrogen and oxygen atoms in total. The third-order valence-corrected chi connectivity index (χ3v) is 3.39. The van der Waals surface area contributed by atoms with Crippen molar-refractivity contribution < 1.29 is 0 Å². The molecule has 0 spiro atoms. The van der Waals surface area contributed by atoms with Crippen LogP contribution < -0.4 is 11.1 Å². The number of anilines is 1. The van der Waals surface area contributed by atoms with Gasteiger partial charge in [0.05, 0.1) is 16.8 Å². The maximum Gasteiger partial charge on any atom is 0.0651 e. The van der Waals surface area contributed by atoms with Gasteiger partial charge in [0, 0.05) is 11.6 Å². The van der Waals surface area contributed by atoms with Crippen LogP contribution in [0.15, 0.2) is 48.5 Å². The van der Waals surface area contributed by atoms with Gasteiger partial charge in [0.2, 0.25) is 0 Å². The summed E-state index contributed by atoms with van der Waals surface area (Å²) in [7, 11) is 0. The molecule has 18 heavy (non-hydrogen) atoms. The van der Waals surface area contributed by atoms with Crippen molar-refractivity contribution in [2.75, 3.05) is 11.9 Å². The first-order valence-electron chi connectivity index (χ1n) is 5.68. The highest BCUT2D eigenvalue weighted by atomic mass is 35.5. The summed E-state index contributed by atoms with van der Waals surface area (Å²) in [5, 5.41) is 4.68. The second kappa shape index (κ2) is 6.10. The minimum absolute atomic E-state index is 0.0569. The van der Waals surface area contributed by atoms with Gasteiger partial charge in [0.25, 0.3) is 0 Å². The van der Waals surface area contributed by atoms with Gasteiger partial charge in [-0.15, -0.1) is 0 Å². The molecule has 0 aliphatic carbocycles. The van der Waals surface area contributed by atoms with Crippen LogP contribution in [-0.2, 0) is 0 Å². The van der Waals surface area contributed by atoms with E-state index < -0.39 is 0 Å². The lowest BCUT2D eigenvalue weighted by Crippen LogP contribution is -2.21. The van der Waals surface area contributed by atoms with Crippen LogP contribution in [0.25, 0.3) is 0 Å². The molecule has 2 rings (SSSR count). The summed E-state index contributed by atoms with van der Waals surface area (Å²) < 4.78 is 0. The van der Waals surface area contributed by atoms with Crippen LogP contribution in [0.2, 0.25) is 10.0 Å². The summed E-state index contributed by atoms with van der Waals surface area (Å²) in [6.07, 6.45) is 0. The summed E-state index contributed by atoms with van der Waals surface area (Å²) in [5.74, 6) is 0. The monoisotopic (exact) mass is 280 g/mol. The van der Waals surface area contributed by atoms with Crippen molar-refractivity contribution in [3.05, 3.63) is 64.1 Å². The van der Waals surface area contributed by atoms with E-state index in [0.29, 0.717) is 16.6 Å². The minimum Gasteiger partial charge on any atom is -0.376 e. The second-order valence-electron chi connectivity index (χ2n) is 3.93. The minimum atomic E-state index is -0.0569. The van der Waals surface area contributed by atoms with Gasteiger partial charge in [-0.1, -0.05) is 53.5 Å². The Bertz CT molecular complexity index is 529. The van der Waals surface area contributed by atoms with Crippen molar-refractivity contribution in [2.24, 2.45) is 5.73 Å². The van der Waals surface area contributed by atoms with Gasteiger partial charge in [-0.2, -0.15) is 0 Å². The van der Waals surface area contributed by atoms with E-state index in [9.17, 15) is 0 Å². The highest BCUT2D eigenvalue weighted by molar-refractivity contribution is 6.33. The van der Waals surface area contributed by atoms with Crippen LogP contribution in [0.3, 0.4) is 0 Å². The van der Waals surface area contributed by atoms with Crippen LogP contribution in [0.1, 0.15) is 11.6 Å². The summed E-state index contributed by atoms with van der Waals surface area (Å²) in [6, 6.07) is 15.2. The molecule has 0 aromatic heterocycles. The molecule has 1 unspecified atom stereocenters. The second-order valence-corrected chi connectivity index (χ2v) is 4.75. The third kappa shape index (κ3) is 2.96. The molecule has 4 heteroatoms. The molecular weight excluding hydrogens is 267 g/mol. The quantitative estimate of drug-likeness (QED) is 0.885. The van der Waals surface area contributed by atoms with Crippen molar-refractivity contribution in [3.8, 4) is 0 Å². The molecule has 0 saturated heterocycles. The number of halogens is 2. The molecule has 0 bridgehead atoms. The van der Waals surface area contributed by atoms with Crippen molar-refractivity contribution >= 4 is 28.9 Å². The van der Waals surface area contributed by atoms with Gasteiger partial charge in [-0.25, -0.2) is 0 Å². The van der Waals surface area contributed by atoms with Crippen LogP contribution in [0.4, 0.5) is 5.69 Å². The zero-order chi connectivity index (χ0) is 13.0. The smallest absolute Gasteiger partial charge is 0.0651 e. The van der Waals surface area contributed by atoms with E-state index in [1.165, 1.54) is 0 Å². The lowest BCUT2D eigenvalue weighted by molar-refractivity contribution is 0.790. The predicted octanol–water partition coefficient (Wildman–Crippen LogP) is 4.11. The summed E-state index contributed by atoms with van der Waals surface area (Å²) in [6.45, 7) is 0.439. The average molecular weight is 281 g/mol. The van der Waals surface area contributed by atoms with E-state index in [4.69, 9.17) is 28.9 Å². The molecule has 0 amide bonds. The fourth-order valence-corrected chi connectivity index (χ4v) is 2.25. The Balaban J connectivity index is 2.26. The summed E-state index contributed by atoms with van der Waals surface area (Å²) in [5.41, 5.74) is 7.64. The summed E-state index contributed by atoms with van der Waals surface area (Å²) >= 11 is 12.3. The first-order valence-corrected chi connectivity index (χ1v) is 6.43. The maximum atomic E-state index is 6.18. The third-order valence-electron chi connectivity index (χ3n) is 2.72. The number of para-hydroxylation sites is 1. The first kappa shape index (κ1) is 13.2. The molecule has 0 saturated carbocycles. The average Bonchev–Trinajstić information content (AvgIpc) is 2.39. The number of nitrogens with two attached hydrogens (primary N) is 1. The Morgan fingerprint density at radius 3 is 2.17 bits per heavy atom. The van der Waals surface area contributed by atoms with Gasteiger partial charge in [0.15, 0.2) is 0 Å². The van der Waals surface area contributed by atoms with E-state index in [2.05, 4.69) is 5.32 Å². The number of nitrogens with one attached hydrogen (secondary N) is 1. The van der Waals surface area contributed by atoms with Gasteiger partial charge < -0.3 is 11.1 Å². The molecule has 0 radical (unpaired) electrons. The molecule has 94 valence electrons. The van der Waals surface area contributed by atoms with Crippen molar-refractivity contribution in [1.29, 1.82) is 0 Å². The van der Waals surface area contributed by atoms with Crippen molar-refractivity contribution in [3.63, 3.8) is 0 Å². The molecule has 0 aliphatic rings. The topological polar surface area (TPSA) is 38.0 Å². The molecule has 2 aromatic carbocycles. The highest BCUT2D eigenvalue weighted by Crippen LogP contribution is 2.28. The predicted molar refractivity (Wildman–Crippen MR) is 78.3 cm³/mol. The molecule has 2 aromatic rings. The maximum absolute atomic E-state index is 6.18. The van der Waals surface area contributed by atoms with E-state index in [1.807, 2.05) is 48.5 Å². The van der Waals surface area contributed by atoms with E-state index >= 15 is 0 Å². The zero-order valence-electron chi connectivity index (χ0n) is 9.74. The molecule has 0 heterocycles. The number of rotatable bonds is 4. The molecule has 3 N–H and O–H groups in total. The molecule has 1 atom stereocenters. The summed E-state index contributed by atoms with van der Waals surface area (Å²) in [4.78, 5) is 0. The van der Waals surface area contributed by atoms with E-state index in [1.54, 1.807) is 0 Å². The Morgan fingerprint density at radius 2 is 1.56 bits per heavy atom. The Morgan fingerprint density at radius 1 is 0.944 bits per heavy atom. The number of hydrogen-bond donors (Lipinski definition) is 2. The van der Waals surface area contributed by atoms with E-state index in [-0.39, 0.29) is 6.04 Å². The Hall–Kier alpha value is -1.22. The molecule has 0 aliphatic heterocycles. The lowest BCUT2D eigenvalue weighted by atomic mass is 10.1. The van der Waals surface area contributed by atoms with Crippen LogP contribution in [0, 0.1) is 0 Å². The van der Waals surface area contributed by atoms with Crippen LogP contribution >= 0.6 is 23.2 Å². The van der Waals surface area contributed by atoms with Gasteiger partial charge >= 0.3 is 0 Å². The van der Waals surface area contributed by atoms with Gasteiger partial charge in [-0.3, -0.25) is 0 Å². The van der Waals surface area contributed by atoms with Crippen molar-refractivity contribution in [1.82, 2.24) is 0 Å². The largest absolute Gasteiger partial charge is 0.376 e. The van der Waals surface area contributed by atoms with Crippen molar-refractivity contribution in [2.45, 2.75) is 6.04 Å². The molecule has 0 fully saturated rings. The lowest BCUT2D eigenvalue weighted by Gasteiger charge is -2.20. The fourth-order valence-electron chi connectivity index (χ4n) is 1.79. The fraction of sp³-hybridized carbons (Fsp3) is 0.143. The number of benzene rings is 2. The Labute approximate surface area is 117 Å². The van der Waals surface area contributed by atoms with Gasteiger partial charge in [-0.05, 0) is 23.8 Å². The zero-order valence-corrected chi connectivity index (χ0v) is 11.2. The first-order chi connectivity index (χ1) is 8.72. The van der Waals surface area contributed by atoms with E-state index in [0.717, 1.165) is 11.3 Å². The SMILES string of the molecule is NCC(Nc1ccccc1Cl)c1ccccc1Cl.